The average Bonchev–Trinajstić information content (AvgIpc) is 3.21. The van der Waals surface area contributed by atoms with Crippen molar-refractivity contribution in [3.63, 3.8) is 0 Å². The number of piperidine rings is 1. The zero-order valence-electron chi connectivity index (χ0n) is 23.1. The van der Waals surface area contributed by atoms with Gasteiger partial charge in [0.2, 0.25) is 0 Å². The largest absolute Gasteiger partial charge is 0.444 e. The first kappa shape index (κ1) is 28.7. The Labute approximate surface area is 231 Å². The monoisotopic (exact) mass is 568 g/mol. The lowest BCUT2D eigenvalue weighted by Crippen LogP contribution is -2.64. The molecule has 0 bridgehead atoms. The number of carbonyl (C=O) groups is 1. The Kier molecular flexibility index (Phi) is 7.54. The van der Waals surface area contributed by atoms with E-state index in [1.165, 1.54) is 0 Å². The summed E-state index contributed by atoms with van der Waals surface area (Å²) in [5.74, 6) is 0.138. The number of anilines is 2. The fraction of sp³-hybridized carbons (Fsp3) is 0.741. The van der Waals surface area contributed by atoms with Crippen molar-refractivity contribution in [3.05, 3.63) is 17.3 Å². The van der Waals surface area contributed by atoms with Crippen molar-refractivity contribution in [2.24, 2.45) is 0 Å². The molecule has 1 amide bonds. The molecule has 220 valence electrons. The average molecular weight is 569 g/mol. The minimum Gasteiger partial charge on any atom is -0.444 e. The van der Waals surface area contributed by atoms with Crippen LogP contribution in [0.2, 0.25) is 0 Å². The standard InChI is InChI=1S/C27H36F4N6O3/c1-25(2,3)40-24(38)36-11-9-34(10-12-36)18-16-37(17-18)20-14-22(33-23(19(20)15-32)27(29,30)31)35-7-5-26(6-8-35)21(28)4-13-39-26/h14,18,21H,4-13,16-17H2,1-3H3. The number of rotatable bonds is 3. The summed E-state index contributed by atoms with van der Waals surface area (Å²) < 4.78 is 67.7. The van der Waals surface area contributed by atoms with Gasteiger partial charge in [0.25, 0.3) is 0 Å². The zero-order valence-corrected chi connectivity index (χ0v) is 23.1. The number of nitrogens with zero attached hydrogens (tertiary/aromatic N) is 6. The molecule has 5 heterocycles. The van der Waals surface area contributed by atoms with Gasteiger partial charge in [-0.05, 0) is 33.6 Å². The van der Waals surface area contributed by atoms with Crippen LogP contribution in [0.25, 0.3) is 0 Å². The van der Waals surface area contributed by atoms with E-state index in [0.29, 0.717) is 78.2 Å². The summed E-state index contributed by atoms with van der Waals surface area (Å²) in [4.78, 5) is 23.7. The topological polar surface area (TPSA) is 85.2 Å². The maximum Gasteiger partial charge on any atom is 0.434 e. The van der Waals surface area contributed by atoms with E-state index in [4.69, 9.17) is 9.47 Å². The molecule has 5 rings (SSSR count). The van der Waals surface area contributed by atoms with E-state index in [-0.39, 0.29) is 23.6 Å². The number of nitriles is 1. The highest BCUT2D eigenvalue weighted by molar-refractivity contribution is 5.69. The predicted molar refractivity (Wildman–Crippen MR) is 139 cm³/mol. The van der Waals surface area contributed by atoms with Crippen molar-refractivity contribution >= 4 is 17.6 Å². The maximum atomic E-state index is 14.5. The summed E-state index contributed by atoms with van der Waals surface area (Å²) in [6, 6.07) is 3.39. The Balaban J connectivity index is 1.27. The molecular weight excluding hydrogens is 532 g/mol. The van der Waals surface area contributed by atoms with Crippen molar-refractivity contribution in [1.29, 1.82) is 5.26 Å². The number of hydrogen-bond donors (Lipinski definition) is 0. The SMILES string of the molecule is CC(C)(C)OC(=O)N1CCN(C2CN(c3cc(N4CCC5(CC4)OCCC5F)nc(C(F)(F)F)c3C#N)C2)CC1. The van der Waals surface area contributed by atoms with E-state index < -0.39 is 34.8 Å². The van der Waals surface area contributed by atoms with Gasteiger partial charge in [0.1, 0.15) is 34.8 Å². The first-order chi connectivity index (χ1) is 18.8. The number of aromatic nitrogens is 1. The van der Waals surface area contributed by atoms with Gasteiger partial charge in [-0.2, -0.15) is 18.4 Å². The maximum absolute atomic E-state index is 14.5. The molecule has 9 nitrogen and oxygen atoms in total. The second kappa shape index (κ2) is 10.5. The summed E-state index contributed by atoms with van der Waals surface area (Å²) in [5, 5.41) is 9.73. The number of halogens is 4. The summed E-state index contributed by atoms with van der Waals surface area (Å²) in [7, 11) is 0. The van der Waals surface area contributed by atoms with Crippen LogP contribution in [0.5, 0.6) is 0 Å². The van der Waals surface area contributed by atoms with Crippen molar-refractivity contribution in [2.45, 2.75) is 69.6 Å². The normalized spacial score (nSPS) is 24.2. The molecule has 0 N–H and O–H groups in total. The van der Waals surface area contributed by atoms with E-state index in [1.54, 1.807) is 26.8 Å². The van der Waals surface area contributed by atoms with Crippen LogP contribution >= 0.6 is 0 Å². The number of piperazine rings is 1. The minimum absolute atomic E-state index is 0.0918. The van der Waals surface area contributed by atoms with Gasteiger partial charge in [-0.15, -0.1) is 0 Å². The van der Waals surface area contributed by atoms with Crippen LogP contribution in [0, 0.1) is 11.3 Å². The second-order valence-corrected chi connectivity index (χ2v) is 12.1. The molecule has 4 saturated heterocycles. The summed E-state index contributed by atoms with van der Waals surface area (Å²) >= 11 is 0. The molecule has 4 aliphatic rings. The van der Waals surface area contributed by atoms with Crippen LogP contribution < -0.4 is 9.80 Å². The molecule has 1 atom stereocenters. The number of ether oxygens (including phenoxy) is 2. The number of pyridine rings is 1. The molecule has 1 aromatic rings. The third kappa shape index (κ3) is 5.65. The predicted octanol–water partition coefficient (Wildman–Crippen LogP) is 3.81. The first-order valence-electron chi connectivity index (χ1n) is 13.8. The summed E-state index contributed by atoms with van der Waals surface area (Å²) in [6.07, 6.45) is -5.15. The van der Waals surface area contributed by atoms with Gasteiger partial charge in [0.05, 0.1) is 12.3 Å². The van der Waals surface area contributed by atoms with Gasteiger partial charge < -0.3 is 24.2 Å². The molecule has 40 heavy (non-hydrogen) atoms. The smallest absolute Gasteiger partial charge is 0.434 e. The minimum atomic E-state index is -4.80. The molecule has 0 saturated carbocycles. The second-order valence-electron chi connectivity index (χ2n) is 12.1. The third-order valence-electron chi connectivity index (χ3n) is 8.32. The van der Waals surface area contributed by atoms with Crippen LogP contribution in [0.1, 0.15) is 51.3 Å². The molecule has 0 aromatic carbocycles. The first-order valence-corrected chi connectivity index (χ1v) is 13.8. The Hall–Kier alpha value is -2.85. The molecule has 1 spiro atoms. The van der Waals surface area contributed by atoms with Crippen LogP contribution in [0.15, 0.2) is 6.07 Å². The van der Waals surface area contributed by atoms with Gasteiger partial charge in [0.15, 0.2) is 5.69 Å². The Morgan fingerprint density at radius 3 is 2.27 bits per heavy atom. The number of carbonyl (C=O) groups excluding carboxylic acids is 1. The highest BCUT2D eigenvalue weighted by Crippen LogP contribution is 2.42. The van der Waals surface area contributed by atoms with Crippen molar-refractivity contribution in [1.82, 2.24) is 14.8 Å². The fourth-order valence-electron chi connectivity index (χ4n) is 6.02. The van der Waals surface area contributed by atoms with Crippen LogP contribution in [0.3, 0.4) is 0 Å². The Bertz CT molecular complexity index is 1140. The van der Waals surface area contributed by atoms with Crippen molar-refractivity contribution in [2.75, 3.05) is 68.8 Å². The van der Waals surface area contributed by atoms with E-state index in [2.05, 4.69) is 9.88 Å². The third-order valence-corrected chi connectivity index (χ3v) is 8.32. The molecule has 4 fully saturated rings. The van der Waals surface area contributed by atoms with Crippen LogP contribution in [-0.4, -0.2) is 103 Å². The number of amides is 1. The highest BCUT2D eigenvalue weighted by Gasteiger charge is 2.48. The van der Waals surface area contributed by atoms with E-state index in [1.807, 2.05) is 20.8 Å². The van der Waals surface area contributed by atoms with E-state index in [9.17, 15) is 27.6 Å². The lowest BCUT2D eigenvalue weighted by molar-refractivity contribution is -0.141. The molecule has 1 aromatic heterocycles. The molecular formula is C27H36F4N6O3. The molecule has 0 aliphatic carbocycles. The quantitative estimate of drug-likeness (QED) is 0.509. The van der Waals surface area contributed by atoms with Crippen molar-refractivity contribution < 1.29 is 31.8 Å². The molecule has 1 unspecified atom stereocenters. The van der Waals surface area contributed by atoms with Gasteiger partial charge in [-0.3, -0.25) is 4.90 Å². The Morgan fingerprint density at radius 2 is 1.75 bits per heavy atom. The van der Waals surface area contributed by atoms with Crippen LogP contribution in [0.4, 0.5) is 33.9 Å². The number of alkyl halides is 4. The van der Waals surface area contributed by atoms with Gasteiger partial charge in [0, 0.05) is 70.9 Å². The van der Waals surface area contributed by atoms with Gasteiger partial charge in [-0.25, -0.2) is 14.2 Å². The summed E-state index contributed by atoms with van der Waals surface area (Å²) in [6.45, 7) is 9.64. The highest BCUT2D eigenvalue weighted by atomic mass is 19.4. The van der Waals surface area contributed by atoms with Crippen molar-refractivity contribution in [3.8, 4) is 6.07 Å². The fourth-order valence-corrected chi connectivity index (χ4v) is 6.02. The molecule has 4 aliphatic heterocycles. The number of hydrogen-bond acceptors (Lipinski definition) is 8. The van der Waals surface area contributed by atoms with Gasteiger partial charge in [-0.1, -0.05) is 0 Å². The van der Waals surface area contributed by atoms with E-state index >= 15 is 0 Å². The summed E-state index contributed by atoms with van der Waals surface area (Å²) in [5.41, 5.74) is -2.91. The van der Waals surface area contributed by atoms with E-state index in [0.717, 1.165) is 0 Å². The van der Waals surface area contributed by atoms with Gasteiger partial charge >= 0.3 is 12.3 Å². The lowest BCUT2D eigenvalue weighted by Gasteiger charge is -2.49. The molecule has 0 radical (unpaired) electrons. The Morgan fingerprint density at radius 1 is 1.10 bits per heavy atom. The lowest BCUT2D eigenvalue weighted by atomic mass is 9.87. The zero-order chi connectivity index (χ0) is 28.9. The molecule has 13 heteroatoms. The van der Waals surface area contributed by atoms with Crippen LogP contribution in [-0.2, 0) is 15.7 Å².